The van der Waals surface area contributed by atoms with Gasteiger partial charge in [-0.2, -0.15) is 5.10 Å². The van der Waals surface area contributed by atoms with Crippen molar-refractivity contribution in [3.05, 3.63) is 63.0 Å². The minimum absolute atomic E-state index is 0.132. The molecule has 0 radical (unpaired) electrons. The van der Waals surface area contributed by atoms with Crippen LogP contribution in [0.15, 0.2) is 30.6 Å². The standard InChI is InChI=1S/C22H22ClFN4O4S2/c1-4-31-20(29)17-12(3)18(21(30)32-5-2)34-19(17)27-22(33)26-13-9-25-28(10-13)11-14-15(23)7-6-8-16(14)24/h6-10H,4-5,11H2,1-3H3,(H2,26,27,33). The Kier molecular flexibility index (Phi) is 8.59. The van der Waals surface area contributed by atoms with Crippen molar-refractivity contribution in [2.75, 3.05) is 23.8 Å². The first-order valence-corrected chi connectivity index (χ1v) is 11.9. The van der Waals surface area contributed by atoms with Gasteiger partial charge in [0.05, 0.1) is 37.2 Å². The molecule has 0 atom stereocenters. The Morgan fingerprint density at radius 1 is 1.21 bits per heavy atom. The molecule has 12 heteroatoms. The summed E-state index contributed by atoms with van der Waals surface area (Å²) in [5.74, 6) is -1.53. The molecule has 0 aliphatic rings. The molecule has 180 valence electrons. The van der Waals surface area contributed by atoms with Crippen LogP contribution in [0.4, 0.5) is 15.1 Å². The van der Waals surface area contributed by atoms with Gasteiger partial charge in [-0.25, -0.2) is 14.0 Å². The molecule has 34 heavy (non-hydrogen) atoms. The quantitative estimate of drug-likeness (QED) is 0.304. The second-order valence-electron chi connectivity index (χ2n) is 6.91. The van der Waals surface area contributed by atoms with Crippen LogP contribution in [-0.2, 0) is 16.0 Å². The molecular weight excluding hydrogens is 503 g/mol. The average Bonchev–Trinajstić information content (AvgIpc) is 3.34. The number of ether oxygens (including phenoxy) is 2. The third-order valence-electron chi connectivity index (χ3n) is 4.59. The number of halogens is 2. The third kappa shape index (κ3) is 5.91. The zero-order chi connectivity index (χ0) is 24.8. The molecule has 0 unspecified atom stereocenters. The number of thiocarbonyl (C=S) groups is 1. The van der Waals surface area contributed by atoms with Crippen molar-refractivity contribution in [3.8, 4) is 0 Å². The molecule has 2 N–H and O–H groups in total. The monoisotopic (exact) mass is 524 g/mol. The van der Waals surface area contributed by atoms with E-state index in [1.165, 1.54) is 23.0 Å². The van der Waals surface area contributed by atoms with Gasteiger partial charge in [0.1, 0.15) is 15.7 Å². The van der Waals surface area contributed by atoms with Crippen molar-refractivity contribution in [3.63, 3.8) is 0 Å². The first-order valence-electron chi connectivity index (χ1n) is 10.3. The van der Waals surface area contributed by atoms with Crippen molar-refractivity contribution in [1.82, 2.24) is 9.78 Å². The Hall–Kier alpha value is -3.02. The summed E-state index contributed by atoms with van der Waals surface area (Å²) in [5.41, 5.74) is 1.51. The van der Waals surface area contributed by atoms with Crippen molar-refractivity contribution in [2.24, 2.45) is 0 Å². The Morgan fingerprint density at radius 2 is 1.91 bits per heavy atom. The van der Waals surface area contributed by atoms with E-state index in [9.17, 15) is 14.0 Å². The summed E-state index contributed by atoms with van der Waals surface area (Å²) in [6.07, 6.45) is 3.14. The highest BCUT2D eigenvalue weighted by Gasteiger charge is 2.27. The molecule has 0 saturated carbocycles. The lowest BCUT2D eigenvalue weighted by atomic mass is 10.1. The normalized spacial score (nSPS) is 10.6. The van der Waals surface area contributed by atoms with E-state index in [1.807, 2.05) is 0 Å². The molecule has 0 saturated heterocycles. The van der Waals surface area contributed by atoms with Gasteiger partial charge in [-0.1, -0.05) is 17.7 Å². The molecule has 0 bridgehead atoms. The zero-order valence-corrected chi connectivity index (χ0v) is 21.0. The summed E-state index contributed by atoms with van der Waals surface area (Å²) in [7, 11) is 0. The topological polar surface area (TPSA) is 94.5 Å². The molecule has 0 amide bonds. The summed E-state index contributed by atoms with van der Waals surface area (Å²) < 4.78 is 25.8. The number of carbonyl (C=O) groups excluding carboxylic acids is 2. The number of rotatable bonds is 8. The second-order valence-corrected chi connectivity index (χ2v) is 8.74. The van der Waals surface area contributed by atoms with Crippen molar-refractivity contribution < 1.29 is 23.5 Å². The van der Waals surface area contributed by atoms with Crippen LogP contribution in [-0.4, -0.2) is 40.0 Å². The van der Waals surface area contributed by atoms with Crippen LogP contribution in [0.2, 0.25) is 5.02 Å². The number of esters is 2. The molecular formula is C22H22ClFN4O4S2. The summed E-state index contributed by atoms with van der Waals surface area (Å²) in [5, 5.41) is 10.9. The van der Waals surface area contributed by atoms with E-state index in [1.54, 1.807) is 33.0 Å². The SMILES string of the molecule is CCOC(=O)c1sc(NC(=S)Nc2cnn(Cc3c(F)cccc3Cl)c2)c(C(=O)OCC)c1C. The van der Waals surface area contributed by atoms with Gasteiger partial charge in [-0.15, -0.1) is 11.3 Å². The predicted molar refractivity (Wildman–Crippen MR) is 134 cm³/mol. The van der Waals surface area contributed by atoms with Gasteiger partial charge in [-0.3, -0.25) is 4.68 Å². The lowest BCUT2D eigenvalue weighted by Gasteiger charge is -2.10. The zero-order valence-electron chi connectivity index (χ0n) is 18.6. The number of benzene rings is 1. The minimum atomic E-state index is -0.577. The van der Waals surface area contributed by atoms with Crippen LogP contribution in [0.5, 0.6) is 0 Å². The number of aromatic nitrogens is 2. The molecule has 2 heterocycles. The lowest BCUT2D eigenvalue weighted by molar-refractivity contribution is 0.0527. The molecule has 0 aliphatic heterocycles. The Morgan fingerprint density at radius 3 is 2.59 bits per heavy atom. The number of nitrogens with one attached hydrogen (secondary N) is 2. The molecule has 1 aromatic carbocycles. The van der Waals surface area contributed by atoms with Gasteiger partial charge in [0.2, 0.25) is 0 Å². The maximum atomic E-state index is 14.1. The number of hydrogen-bond donors (Lipinski definition) is 2. The lowest BCUT2D eigenvalue weighted by Crippen LogP contribution is -2.20. The maximum absolute atomic E-state index is 14.1. The van der Waals surface area contributed by atoms with E-state index in [0.717, 1.165) is 11.3 Å². The van der Waals surface area contributed by atoms with Crippen LogP contribution in [0.1, 0.15) is 45.0 Å². The molecule has 8 nitrogen and oxygen atoms in total. The average molecular weight is 525 g/mol. The Bertz CT molecular complexity index is 1210. The number of hydrogen-bond acceptors (Lipinski definition) is 7. The van der Waals surface area contributed by atoms with Gasteiger partial charge in [-0.05, 0) is 50.7 Å². The highest BCUT2D eigenvalue weighted by molar-refractivity contribution is 7.80. The Labute approximate surface area is 210 Å². The van der Waals surface area contributed by atoms with Gasteiger partial charge in [0.25, 0.3) is 0 Å². The van der Waals surface area contributed by atoms with E-state index in [-0.39, 0.29) is 35.3 Å². The predicted octanol–water partition coefficient (Wildman–Crippen LogP) is 5.26. The molecule has 0 fully saturated rings. The first-order chi connectivity index (χ1) is 16.2. The minimum Gasteiger partial charge on any atom is -0.462 e. The molecule has 3 aromatic rings. The first kappa shape index (κ1) is 25.6. The fourth-order valence-corrected chi connectivity index (χ4v) is 4.67. The van der Waals surface area contributed by atoms with Crippen LogP contribution in [0, 0.1) is 12.7 Å². The van der Waals surface area contributed by atoms with E-state index >= 15 is 0 Å². The smallest absolute Gasteiger partial charge is 0.348 e. The number of nitrogens with zero attached hydrogens (tertiary/aromatic N) is 2. The van der Waals surface area contributed by atoms with Crippen LogP contribution >= 0.6 is 35.2 Å². The molecule has 2 aromatic heterocycles. The van der Waals surface area contributed by atoms with Crippen molar-refractivity contribution in [1.29, 1.82) is 0 Å². The molecule has 0 aliphatic carbocycles. The number of carbonyl (C=O) groups is 2. The number of thiophene rings is 1. The van der Waals surface area contributed by atoms with Crippen molar-refractivity contribution >= 4 is 62.9 Å². The van der Waals surface area contributed by atoms with Gasteiger partial charge >= 0.3 is 11.9 Å². The van der Waals surface area contributed by atoms with E-state index < -0.39 is 17.8 Å². The third-order valence-corrected chi connectivity index (χ3v) is 6.33. The molecule has 0 spiro atoms. The van der Waals surface area contributed by atoms with Crippen LogP contribution < -0.4 is 10.6 Å². The Balaban J connectivity index is 1.76. The van der Waals surface area contributed by atoms with Crippen LogP contribution in [0.25, 0.3) is 0 Å². The summed E-state index contributed by atoms with van der Waals surface area (Å²) in [6.45, 7) is 5.55. The van der Waals surface area contributed by atoms with E-state index in [0.29, 0.717) is 26.8 Å². The largest absolute Gasteiger partial charge is 0.462 e. The fraction of sp³-hybridized carbons (Fsp3) is 0.273. The van der Waals surface area contributed by atoms with Gasteiger partial charge in [0.15, 0.2) is 5.11 Å². The second kappa shape index (κ2) is 11.4. The fourth-order valence-electron chi connectivity index (χ4n) is 3.07. The highest BCUT2D eigenvalue weighted by Crippen LogP contribution is 2.34. The van der Waals surface area contributed by atoms with Crippen LogP contribution in [0.3, 0.4) is 0 Å². The molecule has 3 rings (SSSR count). The maximum Gasteiger partial charge on any atom is 0.348 e. The van der Waals surface area contributed by atoms with Gasteiger partial charge < -0.3 is 20.1 Å². The number of anilines is 2. The van der Waals surface area contributed by atoms with E-state index in [4.69, 9.17) is 33.3 Å². The van der Waals surface area contributed by atoms with E-state index in [2.05, 4.69) is 15.7 Å². The van der Waals surface area contributed by atoms with Gasteiger partial charge in [0, 0.05) is 16.8 Å². The summed E-state index contributed by atoms with van der Waals surface area (Å²) in [6, 6.07) is 4.47. The summed E-state index contributed by atoms with van der Waals surface area (Å²) >= 11 is 12.5. The summed E-state index contributed by atoms with van der Waals surface area (Å²) in [4.78, 5) is 25.1. The highest BCUT2D eigenvalue weighted by atomic mass is 35.5. The van der Waals surface area contributed by atoms with Crippen molar-refractivity contribution in [2.45, 2.75) is 27.3 Å².